The van der Waals surface area contributed by atoms with Gasteiger partial charge in [0.1, 0.15) is 5.82 Å². The lowest BCUT2D eigenvalue weighted by Crippen LogP contribution is -2.29. The number of carbonyl (C=O) groups is 2. The van der Waals surface area contributed by atoms with E-state index in [1.165, 1.54) is 24.3 Å². The third-order valence-electron chi connectivity index (χ3n) is 1.96. The minimum Gasteiger partial charge on any atom is -0.481 e. The van der Waals surface area contributed by atoms with Crippen LogP contribution in [0.3, 0.4) is 0 Å². The van der Waals surface area contributed by atoms with Crippen molar-refractivity contribution in [3.8, 4) is 0 Å². The molecule has 1 aromatic carbocycles. The second-order valence-electron chi connectivity index (χ2n) is 3.39. The van der Waals surface area contributed by atoms with E-state index in [-0.39, 0.29) is 18.8 Å². The number of rotatable bonds is 5. The SMILES string of the molecule is O=C(O)CCCNC(=O)Nc1ccc(F)cc1. The number of halogens is 1. The van der Waals surface area contributed by atoms with E-state index in [1.807, 2.05) is 0 Å². The Labute approximate surface area is 97.6 Å². The van der Waals surface area contributed by atoms with Crippen LogP contribution in [0.1, 0.15) is 12.8 Å². The number of anilines is 1. The van der Waals surface area contributed by atoms with Crippen LogP contribution < -0.4 is 10.6 Å². The number of carboxylic acid groups (broad SMARTS) is 1. The van der Waals surface area contributed by atoms with Crippen molar-refractivity contribution in [2.45, 2.75) is 12.8 Å². The first-order valence-electron chi connectivity index (χ1n) is 5.10. The highest BCUT2D eigenvalue weighted by atomic mass is 19.1. The van der Waals surface area contributed by atoms with Gasteiger partial charge in [0.15, 0.2) is 0 Å². The highest BCUT2D eigenvalue weighted by Gasteiger charge is 2.02. The minimum atomic E-state index is -0.897. The summed E-state index contributed by atoms with van der Waals surface area (Å²) in [6.45, 7) is 0.277. The number of nitrogens with one attached hydrogen (secondary N) is 2. The molecule has 1 rings (SSSR count). The first-order valence-corrected chi connectivity index (χ1v) is 5.10. The third kappa shape index (κ3) is 5.50. The third-order valence-corrected chi connectivity index (χ3v) is 1.96. The van der Waals surface area contributed by atoms with Crippen LogP contribution in [0.4, 0.5) is 14.9 Å². The summed E-state index contributed by atoms with van der Waals surface area (Å²) in [4.78, 5) is 21.5. The lowest BCUT2D eigenvalue weighted by Gasteiger charge is -2.06. The minimum absolute atomic E-state index is 0.0107. The summed E-state index contributed by atoms with van der Waals surface area (Å²) >= 11 is 0. The van der Waals surface area contributed by atoms with Crippen LogP contribution in [-0.4, -0.2) is 23.7 Å². The van der Waals surface area contributed by atoms with Gasteiger partial charge in [-0.2, -0.15) is 0 Å². The van der Waals surface area contributed by atoms with Crippen LogP contribution in [0.5, 0.6) is 0 Å². The first kappa shape index (κ1) is 13.0. The molecule has 1 aromatic rings. The van der Waals surface area contributed by atoms with Crippen LogP contribution in [-0.2, 0) is 4.79 Å². The van der Waals surface area contributed by atoms with Gasteiger partial charge in [-0.25, -0.2) is 9.18 Å². The average Bonchev–Trinajstić information content (AvgIpc) is 2.27. The van der Waals surface area contributed by atoms with Gasteiger partial charge in [0.25, 0.3) is 0 Å². The van der Waals surface area contributed by atoms with Gasteiger partial charge in [-0.15, -0.1) is 0 Å². The monoisotopic (exact) mass is 240 g/mol. The van der Waals surface area contributed by atoms with Gasteiger partial charge in [0, 0.05) is 18.7 Å². The summed E-state index contributed by atoms with van der Waals surface area (Å²) in [5.41, 5.74) is 0.474. The Morgan fingerprint density at radius 1 is 1.24 bits per heavy atom. The van der Waals surface area contributed by atoms with Gasteiger partial charge >= 0.3 is 12.0 Å². The van der Waals surface area contributed by atoms with E-state index in [0.29, 0.717) is 12.1 Å². The molecule has 2 amide bonds. The van der Waals surface area contributed by atoms with Crippen molar-refractivity contribution in [3.63, 3.8) is 0 Å². The molecule has 0 atom stereocenters. The van der Waals surface area contributed by atoms with E-state index in [1.54, 1.807) is 0 Å². The van der Waals surface area contributed by atoms with Crippen molar-refractivity contribution in [1.29, 1.82) is 0 Å². The lowest BCUT2D eigenvalue weighted by molar-refractivity contribution is -0.137. The van der Waals surface area contributed by atoms with Crippen molar-refractivity contribution in [1.82, 2.24) is 5.32 Å². The standard InChI is InChI=1S/C11H13FN2O3/c12-8-3-5-9(6-4-8)14-11(17)13-7-1-2-10(15)16/h3-6H,1-2,7H2,(H,15,16)(H2,13,14,17). The van der Waals surface area contributed by atoms with Crippen LogP contribution >= 0.6 is 0 Å². The maximum Gasteiger partial charge on any atom is 0.319 e. The summed E-state index contributed by atoms with van der Waals surface area (Å²) < 4.78 is 12.6. The van der Waals surface area contributed by atoms with Crippen molar-refractivity contribution < 1.29 is 19.1 Å². The van der Waals surface area contributed by atoms with Gasteiger partial charge in [-0.05, 0) is 30.7 Å². The van der Waals surface area contributed by atoms with E-state index >= 15 is 0 Å². The van der Waals surface area contributed by atoms with Crippen LogP contribution in [0.25, 0.3) is 0 Å². The molecule has 17 heavy (non-hydrogen) atoms. The van der Waals surface area contributed by atoms with Crippen molar-refractivity contribution >= 4 is 17.7 Å². The molecule has 0 fully saturated rings. The Morgan fingerprint density at radius 3 is 2.47 bits per heavy atom. The smallest absolute Gasteiger partial charge is 0.319 e. The van der Waals surface area contributed by atoms with E-state index in [0.717, 1.165) is 0 Å². The Bertz CT molecular complexity index is 392. The molecule has 0 unspecified atom stereocenters. The van der Waals surface area contributed by atoms with Gasteiger partial charge in [0.05, 0.1) is 0 Å². The number of carbonyl (C=O) groups excluding carboxylic acids is 1. The molecule has 0 aliphatic carbocycles. The number of amides is 2. The maximum absolute atomic E-state index is 12.6. The number of carboxylic acids is 1. The Balaban J connectivity index is 2.25. The fraction of sp³-hybridized carbons (Fsp3) is 0.273. The normalized spacial score (nSPS) is 9.71. The number of urea groups is 1. The average molecular weight is 240 g/mol. The zero-order valence-electron chi connectivity index (χ0n) is 9.07. The zero-order chi connectivity index (χ0) is 12.7. The van der Waals surface area contributed by atoms with E-state index < -0.39 is 12.0 Å². The van der Waals surface area contributed by atoms with Crippen molar-refractivity contribution in [3.05, 3.63) is 30.1 Å². The van der Waals surface area contributed by atoms with Crippen LogP contribution in [0.15, 0.2) is 24.3 Å². The number of hydrogen-bond acceptors (Lipinski definition) is 2. The predicted molar refractivity (Wildman–Crippen MR) is 60.3 cm³/mol. The number of benzene rings is 1. The van der Waals surface area contributed by atoms with E-state index in [4.69, 9.17) is 5.11 Å². The van der Waals surface area contributed by atoms with Crippen molar-refractivity contribution in [2.24, 2.45) is 0 Å². The van der Waals surface area contributed by atoms with E-state index in [2.05, 4.69) is 10.6 Å². The predicted octanol–water partition coefficient (Wildman–Crippen LogP) is 1.81. The molecule has 3 N–H and O–H groups in total. The fourth-order valence-corrected chi connectivity index (χ4v) is 1.15. The molecule has 0 aromatic heterocycles. The molecule has 0 aliphatic heterocycles. The Morgan fingerprint density at radius 2 is 1.88 bits per heavy atom. The maximum atomic E-state index is 12.6. The molecule has 6 heteroatoms. The second-order valence-corrected chi connectivity index (χ2v) is 3.39. The summed E-state index contributed by atoms with van der Waals surface area (Å²) in [5.74, 6) is -1.27. The summed E-state index contributed by atoms with van der Waals surface area (Å²) in [7, 11) is 0. The van der Waals surface area contributed by atoms with Gasteiger partial charge < -0.3 is 15.7 Å². The fourth-order valence-electron chi connectivity index (χ4n) is 1.15. The number of hydrogen-bond donors (Lipinski definition) is 3. The largest absolute Gasteiger partial charge is 0.481 e. The summed E-state index contributed by atoms with van der Waals surface area (Å²) in [6.07, 6.45) is 0.378. The Kier molecular flexibility index (Phi) is 4.93. The van der Waals surface area contributed by atoms with Crippen molar-refractivity contribution in [2.75, 3.05) is 11.9 Å². The Hall–Kier alpha value is -2.11. The zero-order valence-corrected chi connectivity index (χ0v) is 9.07. The van der Waals surface area contributed by atoms with E-state index in [9.17, 15) is 14.0 Å². The van der Waals surface area contributed by atoms with Gasteiger partial charge in [0.2, 0.25) is 0 Å². The summed E-state index contributed by atoms with van der Waals surface area (Å²) in [5, 5.41) is 13.4. The molecule has 0 saturated carbocycles. The molecule has 5 nitrogen and oxygen atoms in total. The highest BCUT2D eigenvalue weighted by molar-refractivity contribution is 5.89. The second kappa shape index (κ2) is 6.47. The number of aliphatic carboxylic acids is 1. The van der Waals surface area contributed by atoms with Crippen LogP contribution in [0, 0.1) is 5.82 Å². The molecule has 0 bridgehead atoms. The molecular formula is C11H13FN2O3. The molecule has 0 aliphatic rings. The van der Waals surface area contributed by atoms with Crippen LogP contribution in [0.2, 0.25) is 0 Å². The topological polar surface area (TPSA) is 78.4 Å². The quantitative estimate of drug-likeness (QED) is 0.687. The first-order chi connectivity index (χ1) is 8.08. The molecule has 0 saturated heterocycles. The lowest BCUT2D eigenvalue weighted by atomic mass is 10.3. The molecule has 0 spiro atoms. The molecule has 0 heterocycles. The molecule has 0 radical (unpaired) electrons. The summed E-state index contributed by atoms with van der Waals surface area (Å²) in [6, 6.07) is 4.90. The van der Waals surface area contributed by atoms with Gasteiger partial charge in [-0.3, -0.25) is 4.79 Å². The molecular weight excluding hydrogens is 227 g/mol. The highest BCUT2D eigenvalue weighted by Crippen LogP contribution is 2.07. The molecule has 92 valence electrons. The van der Waals surface area contributed by atoms with Gasteiger partial charge in [-0.1, -0.05) is 0 Å².